The Morgan fingerprint density at radius 3 is 2.50 bits per heavy atom. The summed E-state index contributed by atoms with van der Waals surface area (Å²) >= 11 is 0. The van der Waals surface area contributed by atoms with E-state index in [0.29, 0.717) is 6.04 Å². The van der Waals surface area contributed by atoms with E-state index in [9.17, 15) is 4.79 Å². The summed E-state index contributed by atoms with van der Waals surface area (Å²) in [7, 11) is 0. The number of likely N-dealkylation sites (tertiary alicyclic amines) is 1. The number of ether oxygens (including phenoxy) is 1. The molecule has 7 heteroatoms. The number of nitrogens with zero attached hydrogens (tertiary/aromatic N) is 2. The van der Waals surface area contributed by atoms with Crippen molar-refractivity contribution in [2.24, 2.45) is 4.99 Å². The van der Waals surface area contributed by atoms with Crippen molar-refractivity contribution >= 4 is 35.8 Å². The zero-order valence-corrected chi connectivity index (χ0v) is 17.6. The summed E-state index contributed by atoms with van der Waals surface area (Å²) in [6, 6.07) is 10.4. The van der Waals surface area contributed by atoms with Crippen molar-refractivity contribution in [3.8, 4) is 5.75 Å². The molecule has 0 radical (unpaired) electrons. The van der Waals surface area contributed by atoms with Crippen LogP contribution in [0.3, 0.4) is 0 Å². The van der Waals surface area contributed by atoms with Gasteiger partial charge in [0, 0.05) is 38.5 Å². The minimum absolute atomic E-state index is 0. The van der Waals surface area contributed by atoms with Crippen molar-refractivity contribution in [2.45, 2.75) is 44.8 Å². The van der Waals surface area contributed by atoms with Crippen LogP contribution in [0.25, 0.3) is 0 Å². The lowest BCUT2D eigenvalue weighted by Crippen LogP contribution is -2.48. The molecule has 0 spiro atoms. The fourth-order valence-electron chi connectivity index (χ4n) is 2.95. The molecular weight excluding hydrogens is 443 g/mol. The fraction of sp³-hybridized carbons (Fsp3) is 0.579. The lowest BCUT2D eigenvalue weighted by Gasteiger charge is -2.34. The lowest BCUT2D eigenvalue weighted by atomic mass is 10.1. The van der Waals surface area contributed by atoms with Crippen LogP contribution in [0.1, 0.15) is 32.6 Å². The van der Waals surface area contributed by atoms with Crippen LogP contribution in [0, 0.1) is 0 Å². The molecule has 2 N–H and O–H groups in total. The Hall–Kier alpha value is -1.51. The third kappa shape index (κ3) is 6.66. The van der Waals surface area contributed by atoms with Gasteiger partial charge < -0.3 is 20.3 Å². The molecular formula is C19H29IN4O2. The molecule has 1 aromatic carbocycles. The predicted octanol–water partition coefficient (Wildman–Crippen LogP) is 2.39. The molecule has 2 fully saturated rings. The predicted molar refractivity (Wildman–Crippen MR) is 114 cm³/mol. The maximum absolute atomic E-state index is 11.9. The summed E-state index contributed by atoms with van der Waals surface area (Å²) in [5.74, 6) is 1.77. The number of benzene rings is 1. The molecule has 1 aromatic rings. The molecule has 1 saturated carbocycles. The van der Waals surface area contributed by atoms with Crippen LogP contribution in [-0.2, 0) is 4.79 Å². The molecule has 1 aliphatic heterocycles. The fourth-order valence-corrected chi connectivity index (χ4v) is 2.95. The third-order valence-electron chi connectivity index (χ3n) is 4.44. The standard InChI is InChI=1S/C19H28N4O2.HI/c1-2-20-19(21-14-18(24)22-15-8-9-15)23-12-10-17(11-13-23)25-16-6-4-3-5-7-16;/h3-7,15,17H,2,8-14H2,1H3,(H,20,21)(H,22,24);1H. The van der Waals surface area contributed by atoms with Crippen molar-refractivity contribution in [1.82, 2.24) is 15.5 Å². The van der Waals surface area contributed by atoms with Crippen LogP contribution in [0.5, 0.6) is 5.75 Å². The second-order valence-corrected chi connectivity index (χ2v) is 6.63. The second kappa shape index (κ2) is 10.6. The van der Waals surface area contributed by atoms with E-state index < -0.39 is 0 Å². The number of hydrogen-bond acceptors (Lipinski definition) is 3. The summed E-state index contributed by atoms with van der Waals surface area (Å²) in [4.78, 5) is 18.6. The van der Waals surface area contributed by atoms with E-state index in [1.165, 1.54) is 0 Å². The average Bonchev–Trinajstić information content (AvgIpc) is 3.44. The Labute approximate surface area is 172 Å². The zero-order chi connectivity index (χ0) is 17.5. The highest BCUT2D eigenvalue weighted by molar-refractivity contribution is 14.0. The molecule has 0 unspecified atom stereocenters. The Morgan fingerprint density at radius 1 is 1.19 bits per heavy atom. The van der Waals surface area contributed by atoms with Gasteiger partial charge in [-0.15, -0.1) is 24.0 Å². The number of carbonyl (C=O) groups excluding carboxylic acids is 1. The van der Waals surface area contributed by atoms with E-state index in [2.05, 4.69) is 20.5 Å². The molecule has 1 amide bonds. The van der Waals surface area contributed by atoms with Crippen LogP contribution in [-0.4, -0.2) is 55.1 Å². The minimum Gasteiger partial charge on any atom is -0.490 e. The zero-order valence-electron chi connectivity index (χ0n) is 15.3. The number of rotatable bonds is 6. The van der Waals surface area contributed by atoms with Gasteiger partial charge in [0.05, 0.1) is 0 Å². The number of piperidine rings is 1. The molecule has 0 aromatic heterocycles. The first-order valence-corrected chi connectivity index (χ1v) is 9.29. The van der Waals surface area contributed by atoms with Crippen LogP contribution in [0.2, 0.25) is 0 Å². The number of halogens is 1. The highest BCUT2D eigenvalue weighted by Crippen LogP contribution is 2.19. The monoisotopic (exact) mass is 472 g/mol. The summed E-state index contributed by atoms with van der Waals surface area (Å²) in [5.41, 5.74) is 0. The number of para-hydroxylation sites is 1. The number of guanidine groups is 1. The molecule has 1 aliphatic carbocycles. The molecule has 1 saturated heterocycles. The SMILES string of the molecule is CCNC(=NCC(=O)NC1CC1)N1CCC(Oc2ccccc2)CC1.I. The van der Waals surface area contributed by atoms with Gasteiger partial charge in [-0.2, -0.15) is 0 Å². The highest BCUT2D eigenvalue weighted by Gasteiger charge is 2.24. The smallest absolute Gasteiger partial charge is 0.242 e. The number of hydrogen-bond donors (Lipinski definition) is 2. The van der Waals surface area contributed by atoms with E-state index in [1.54, 1.807) is 0 Å². The van der Waals surface area contributed by atoms with Gasteiger partial charge in [0.15, 0.2) is 5.96 Å². The number of aliphatic imine (C=N–C) groups is 1. The van der Waals surface area contributed by atoms with Crippen molar-refractivity contribution in [3.63, 3.8) is 0 Å². The maximum Gasteiger partial charge on any atom is 0.242 e. The van der Waals surface area contributed by atoms with E-state index in [0.717, 1.165) is 57.0 Å². The minimum atomic E-state index is 0. The van der Waals surface area contributed by atoms with Gasteiger partial charge in [0.1, 0.15) is 18.4 Å². The molecule has 0 atom stereocenters. The van der Waals surface area contributed by atoms with E-state index in [1.807, 2.05) is 37.3 Å². The maximum atomic E-state index is 11.9. The van der Waals surface area contributed by atoms with Crippen molar-refractivity contribution in [3.05, 3.63) is 30.3 Å². The van der Waals surface area contributed by atoms with Crippen LogP contribution < -0.4 is 15.4 Å². The van der Waals surface area contributed by atoms with Gasteiger partial charge in [0.2, 0.25) is 5.91 Å². The first-order valence-electron chi connectivity index (χ1n) is 9.29. The Balaban J connectivity index is 0.00000243. The van der Waals surface area contributed by atoms with E-state index in [-0.39, 0.29) is 42.5 Å². The molecule has 144 valence electrons. The number of nitrogens with one attached hydrogen (secondary N) is 2. The summed E-state index contributed by atoms with van der Waals surface area (Å²) in [6.45, 7) is 4.80. The molecule has 3 rings (SSSR count). The number of amides is 1. The van der Waals surface area contributed by atoms with Crippen LogP contribution in [0.15, 0.2) is 35.3 Å². The molecule has 1 heterocycles. The summed E-state index contributed by atoms with van der Waals surface area (Å²) in [5, 5.41) is 6.27. The molecule has 0 bridgehead atoms. The van der Waals surface area contributed by atoms with Crippen LogP contribution >= 0.6 is 24.0 Å². The molecule has 26 heavy (non-hydrogen) atoms. The first kappa shape index (κ1) is 20.8. The quantitative estimate of drug-likeness (QED) is 0.379. The highest BCUT2D eigenvalue weighted by atomic mass is 127. The van der Waals surface area contributed by atoms with Gasteiger partial charge in [-0.25, -0.2) is 4.99 Å². The van der Waals surface area contributed by atoms with E-state index >= 15 is 0 Å². The Kier molecular flexibility index (Phi) is 8.47. The van der Waals surface area contributed by atoms with Crippen LogP contribution in [0.4, 0.5) is 0 Å². The van der Waals surface area contributed by atoms with Gasteiger partial charge in [0.25, 0.3) is 0 Å². The van der Waals surface area contributed by atoms with Gasteiger partial charge in [-0.05, 0) is 31.9 Å². The normalized spacial score (nSPS) is 18.0. The second-order valence-electron chi connectivity index (χ2n) is 6.63. The van der Waals surface area contributed by atoms with Crippen molar-refractivity contribution < 1.29 is 9.53 Å². The topological polar surface area (TPSA) is 66.0 Å². The third-order valence-corrected chi connectivity index (χ3v) is 4.44. The van der Waals surface area contributed by atoms with Gasteiger partial charge in [-0.3, -0.25) is 4.79 Å². The summed E-state index contributed by atoms with van der Waals surface area (Å²) in [6.07, 6.45) is 4.34. The van der Waals surface area contributed by atoms with Crippen molar-refractivity contribution in [1.29, 1.82) is 0 Å². The van der Waals surface area contributed by atoms with E-state index in [4.69, 9.17) is 4.74 Å². The van der Waals surface area contributed by atoms with Gasteiger partial charge >= 0.3 is 0 Å². The summed E-state index contributed by atoms with van der Waals surface area (Å²) < 4.78 is 6.04. The number of carbonyl (C=O) groups is 1. The largest absolute Gasteiger partial charge is 0.490 e. The average molecular weight is 472 g/mol. The molecule has 6 nitrogen and oxygen atoms in total. The first-order chi connectivity index (χ1) is 12.2. The Bertz CT molecular complexity index is 584. The van der Waals surface area contributed by atoms with Gasteiger partial charge in [-0.1, -0.05) is 18.2 Å². The van der Waals surface area contributed by atoms with Crippen molar-refractivity contribution in [2.75, 3.05) is 26.2 Å². The lowest BCUT2D eigenvalue weighted by molar-refractivity contribution is -0.119. The molecule has 2 aliphatic rings. The Morgan fingerprint density at radius 2 is 1.88 bits per heavy atom.